The van der Waals surface area contributed by atoms with E-state index in [-0.39, 0.29) is 0 Å². The summed E-state index contributed by atoms with van der Waals surface area (Å²) in [5, 5.41) is 0. The van der Waals surface area contributed by atoms with Gasteiger partial charge in [-0.2, -0.15) is 0 Å². The number of rotatable bonds is 1. The second-order valence-corrected chi connectivity index (χ2v) is 5.60. The second kappa shape index (κ2) is 3.48. The Morgan fingerprint density at radius 2 is 2.07 bits per heavy atom. The fraction of sp³-hybridized carbons (Fsp3) is 0.429. The summed E-state index contributed by atoms with van der Waals surface area (Å²) < 4.78 is 1.31. The monoisotopic (exact) mass is 262 g/mol. The van der Waals surface area contributed by atoms with Crippen molar-refractivity contribution in [3.63, 3.8) is 0 Å². The molecule has 0 spiro atoms. The molecule has 0 N–H and O–H groups in total. The molecule has 3 rings (SSSR count). The molecular weight excluding hydrogens is 248 g/mol. The fourth-order valence-electron chi connectivity index (χ4n) is 2.55. The van der Waals surface area contributed by atoms with Crippen molar-refractivity contribution in [2.45, 2.75) is 32.6 Å². The van der Waals surface area contributed by atoms with Crippen LogP contribution >= 0.6 is 15.9 Å². The molecule has 0 heterocycles. The standard InChI is InChI=1S/C14H15Br/c1-9-7-13-11(10-5-6-10)3-2-4-12(13)14(15)8-9/h3,7-8,10H,2,4-6H2,1H3. The zero-order chi connectivity index (χ0) is 10.4. The highest BCUT2D eigenvalue weighted by Gasteiger charge is 2.29. The van der Waals surface area contributed by atoms with Crippen LogP contribution in [0.15, 0.2) is 22.7 Å². The van der Waals surface area contributed by atoms with E-state index in [1.54, 1.807) is 5.57 Å². The quantitative estimate of drug-likeness (QED) is 0.700. The van der Waals surface area contributed by atoms with E-state index >= 15 is 0 Å². The lowest BCUT2D eigenvalue weighted by Gasteiger charge is -2.19. The average molecular weight is 263 g/mol. The molecule has 0 atom stereocenters. The number of fused-ring (bicyclic) bond motifs is 1. The van der Waals surface area contributed by atoms with E-state index < -0.39 is 0 Å². The fourth-order valence-corrected chi connectivity index (χ4v) is 3.32. The number of halogens is 1. The zero-order valence-electron chi connectivity index (χ0n) is 9.02. The van der Waals surface area contributed by atoms with Crippen molar-refractivity contribution >= 4 is 21.5 Å². The summed E-state index contributed by atoms with van der Waals surface area (Å²) in [6, 6.07) is 4.61. The maximum atomic E-state index is 3.70. The van der Waals surface area contributed by atoms with Crippen LogP contribution in [-0.2, 0) is 6.42 Å². The van der Waals surface area contributed by atoms with Crippen LogP contribution in [0.3, 0.4) is 0 Å². The van der Waals surface area contributed by atoms with Gasteiger partial charge in [0.05, 0.1) is 0 Å². The zero-order valence-corrected chi connectivity index (χ0v) is 10.6. The second-order valence-electron chi connectivity index (χ2n) is 4.75. The summed E-state index contributed by atoms with van der Waals surface area (Å²) in [4.78, 5) is 0. The number of benzene rings is 1. The van der Waals surface area contributed by atoms with E-state index in [4.69, 9.17) is 0 Å². The van der Waals surface area contributed by atoms with Crippen molar-refractivity contribution in [1.82, 2.24) is 0 Å². The SMILES string of the molecule is Cc1cc(Br)c2c(c1)C(C1CC1)=CCC2. The molecule has 0 radical (unpaired) electrons. The Bertz CT molecular complexity index is 439. The van der Waals surface area contributed by atoms with Gasteiger partial charge in [-0.1, -0.05) is 28.1 Å². The largest absolute Gasteiger partial charge is 0.0801 e. The van der Waals surface area contributed by atoms with Crippen LogP contribution in [0, 0.1) is 12.8 Å². The molecule has 0 saturated heterocycles. The van der Waals surface area contributed by atoms with Gasteiger partial charge in [-0.15, -0.1) is 0 Å². The van der Waals surface area contributed by atoms with Crippen LogP contribution in [0.5, 0.6) is 0 Å². The number of hydrogen-bond donors (Lipinski definition) is 0. The van der Waals surface area contributed by atoms with E-state index in [1.807, 2.05) is 0 Å². The van der Waals surface area contributed by atoms with Crippen LogP contribution in [0.1, 0.15) is 36.0 Å². The lowest BCUT2D eigenvalue weighted by molar-refractivity contribution is 0.942. The molecule has 0 bridgehead atoms. The van der Waals surface area contributed by atoms with Crippen molar-refractivity contribution in [3.8, 4) is 0 Å². The Hall–Kier alpha value is -0.560. The van der Waals surface area contributed by atoms with Gasteiger partial charge in [0.1, 0.15) is 0 Å². The van der Waals surface area contributed by atoms with Crippen LogP contribution in [-0.4, -0.2) is 0 Å². The minimum Gasteiger partial charge on any atom is -0.0801 e. The maximum absolute atomic E-state index is 3.70. The molecule has 0 nitrogen and oxygen atoms in total. The molecule has 1 saturated carbocycles. The van der Waals surface area contributed by atoms with Gasteiger partial charge in [0.25, 0.3) is 0 Å². The molecule has 1 aromatic carbocycles. The number of hydrogen-bond acceptors (Lipinski definition) is 0. The van der Waals surface area contributed by atoms with Crippen molar-refractivity contribution < 1.29 is 0 Å². The summed E-state index contributed by atoms with van der Waals surface area (Å²) in [5.74, 6) is 0.873. The van der Waals surface area contributed by atoms with Crippen LogP contribution < -0.4 is 0 Å². The van der Waals surface area contributed by atoms with Gasteiger partial charge >= 0.3 is 0 Å². The first-order valence-corrected chi connectivity index (χ1v) is 6.54. The Morgan fingerprint density at radius 3 is 2.80 bits per heavy atom. The predicted octanol–water partition coefficient (Wildman–Crippen LogP) is 4.50. The van der Waals surface area contributed by atoms with E-state index in [9.17, 15) is 0 Å². The van der Waals surface area contributed by atoms with Crippen LogP contribution in [0.25, 0.3) is 5.57 Å². The lowest BCUT2D eigenvalue weighted by atomic mass is 9.87. The predicted molar refractivity (Wildman–Crippen MR) is 67.9 cm³/mol. The van der Waals surface area contributed by atoms with E-state index in [2.05, 4.69) is 41.1 Å². The summed E-state index contributed by atoms with van der Waals surface area (Å²) in [5.41, 5.74) is 6.05. The Balaban J connectivity index is 2.15. The molecule has 0 aromatic heterocycles. The van der Waals surface area contributed by atoms with Crippen molar-refractivity contribution in [2.24, 2.45) is 5.92 Å². The lowest BCUT2D eigenvalue weighted by Crippen LogP contribution is -2.02. The first kappa shape index (κ1) is 9.65. The molecule has 0 aliphatic heterocycles. The van der Waals surface area contributed by atoms with Gasteiger partial charge in [0, 0.05) is 4.47 Å². The van der Waals surface area contributed by atoms with Gasteiger partial charge in [-0.05, 0) is 66.9 Å². The van der Waals surface area contributed by atoms with Gasteiger partial charge in [0.2, 0.25) is 0 Å². The van der Waals surface area contributed by atoms with Crippen molar-refractivity contribution in [2.75, 3.05) is 0 Å². The third-order valence-electron chi connectivity index (χ3n) is 3.43. The van der Waals surface area contributed by atoms with Gasteiger partial charge in [0.15, 0.2) is 0 Å². The summed E-state index contributed by atoms with van der Waals surface area (Å²) in [6.07, 6.45) is 7.69. The molecule has 0 amide bonds. The maximum Gasteiger partial charge on any atom is 0.0216 e. The summed E-state index contributed by atoms with van der Waals surface area (Å²) >= 11 is 3.70. The summed E-state index contributed by atoms with van der Waals surface area (Å²) in [7, 11) is 0. The summed E-state index contributed by atoms with van der Waals surface area (Å²) in [6.45, 7) is 2.18. The Kier molecular flexibility index (Phi) is 2.24. The van der Waals surface area contributed by atoms with Crippen LogP contribution in [0.4, 0.5) is 0 Å². The smallest absolute Gasteiger partial charge is 0.0216 e. The Labute approximate surface area is 99.5 Å². The average Bonchev–Trinajstić information content (AvgIpc) is 3.00. The molecule has 0 unspecified atom stereocenters. The van der Waals surface area contributed by atoms with Crippen molar-refractivity contribution in [1.29, 1.82) is 0 Å². The highest BCUT2D eigenvalue weighted by molar-refractivity contribution is 9.10. The molecule has 15 heavy (non-hydrogen) atoms. The first-order valence-electron chi connectivity index (χ1n) is 5.75. The van der Waals surface area contributed by atoms with E-state index in [1.165, 1.54) is 46.8 Å². The third kappa shape index (κ3) is 1.67. The van der Waals surface area contributed by atoms with Crippen molar-refractivity contribution in [3.05, 3.63) is 39.4 Å². The van der Waals surface area contributed by atoms with E-state index in [0.29, 0.717) is 0 Å². The molecule has 1 aromatic rings. The number of aryl methyl sites for hydroxylation is 1. The molecule has 2 aliphatic carbocycles. The van der Waals surface area contributed by atoms with Crippen LogP contribution in [0.2, 0.25) is 0 Å². The third-order valence-corrected chi connectivity index (χ3v) is 4.13. The minimum absolute atomic E-state index is 0.873. The molecule has 2 aliphatic rings. The first-order chi connectivity index (χ1) is 7.25. The molecular formula is C14H15Br. The van der Waals surface area contributed by atoms with Gasteiger partial charge < -0.3 is 0 Å². The highest BCUT2D eigenvalue weighted by Crippen LogP contribution is 2.46. The van der Waals surface area contributed by atoms with Gasteiger partial charge in [-0.25, -0.2) is 0 Å². The molecule has 1 heteroatoms. The molecule has 78 valence electrons. The van der Waals surface area contributed by atoms with Gasteiger partial charge in [-0.3, -0.25) is 0 Å². The normalized spacial score (nSPS) is 19.7. The number of allylic oxidation sites excluding steroid dienone is 2. The highest BCUT2D eigenvalue weighted by atomic mass is 79.9. The molecule has 1 fully saturated rings. The van der Waals surface area contributed by atoms with E-state index in [0.717, 1.165) is 5.92 Å². The minimum atomic E-state index is 0.873. The Morgan fingerprint density at radius 1 is 1.27 bits per heavy atom. The topological polar surface area (TPSA) is 0 Å².